The molecule has 0 saturated carbocycles. The molecule has 11 heteroatoms. The molecule has 0 fully saturated rings. The topological polar surface area (TPSA) is 110 Å². The Labute approximate surface area is 196 Å². The number of nitrogens with one attached hydrogen (secondary N) is 1. The highest BCUT2D eigenvalue weighted by molar-refractivity contribution is 6.04. The lowest BCUT2D eigenvalue weighted by molar-refractivity contribution is -0.156. The van der Waals surface area contributed by atoms with E-state index >= 15 is 0 Å². The number of aromatic hydroxyl groups is 1. The number of rotatable bonds is 6. The van der Waals surface area contributed by atoms with E-state index in [1.807, 2.05) is 0 Å². The molecule has 4 aromatic rings. The molecule has 0 unspecified atom stereocenters. The Balaban J connectivity index is 1.93. The van der Waals surface area contributed by atoms with Gasteiger partial charge in [-0.15, -0.1) is 0 Å². The van der Waals surface area contributed by atoms with Crippen LogP contribution in [0.3, 0.4) is 0 Å². The van der Waals surface area contributed by atoms with Crippen molar-refractivity contribution >= 4 is 11.6 Å². The molecular weight excluding hydrogens is 465 g/mol. The molecule has 4 rings (SSSR count). The van der Waals surface area contributed by atoms with Crippen LogP contribution in [0, 0.1) is 0 Å². The van der Waals surface area contributed by atoms with E-state index in [9.17, 15) is 27.9 Å². The van der Waals surface area contributed by atoms with Crippen molar-refractivity contribution in [2.45, 2.75) is 18.0 Å². The number of nitrogens with zero attached hydrogens (tertiary/aromatic N) is 3. The van der Waals surface area contributed by atoms with E-state index in [0.29, 0.717) is 15.7 Å². The number of carbonyl (C=O) groups is 1. The maximum atomic E-state index is 14.7. The van der Waals surface area contributed by atoms with E-state index in [1.54, 1.807) is 60.7 Å². The van der Waals surface area contributed by atoms with Crippen molar-refractivity contribution < 1.29 is 27.6 Å². The van der Waals surface area contributed by atoms with Gasteiger partial charge in [0.2, 0.25) is 5.75 Å². The van der Waals surface area contributed by atoms with Gasteiger partial charge in [-0.1, -0.05) is 65.8 Å². The standard InChI is InChI=1S/C24H19F3N4O4/c1-31-21(30-19(20(32)23(31)34)22(33)29-16-12-28-35-13-16)18(24(25,26)27)17(14-8-4-2-5-9-14)15-10-6-3-7-11-15/h2-13,17-18,32H,1H3,(H,29,33)/t18-/m0/s1. The summed E-state index contributed by atoms with van der Waals surface area (Å²) < 4.78 is 49.4. The Morgan fingerprint density at radius 1 is 1.06 bits per heavy atom. The fourth-order valence-corrected chi connectivity index (χ4v) is 3.88. The summed E-state index contributed by atoms with van der Waals surface area (Å²) in [6, 6.07) is 16.0. The van der Waals surface area contributed by atoms with Crippen molar-refractivity contribution in [1.82, 2.24) is 14.7 Å². The lowest BCUT2D eigenvalue weighted by Gasteiger charge is -2.30. The first-order valence-electron chi connectivity index (χ1n) is 10.4. The Hall–Kier alpha value is -4.41. The van der Waals surface area contributed by atoms with E-state index in [0.717, 1.165) is 19.5 Å². The lowest BCUT2D eigenvalue weighted by atomic mass is 9.79. The van der Waals surface area contributed by atoms with Gasteiger partial charge in [-0.3, -0.25) is 14.2 Å². The number of hydrogen-bond donors (Lipinski definition) is 2. The molecule has 0 bridgehead atoms. The predicted molar refractivity (Wildman–Crippen MR) is 119 cm³/mol. The van der Waals surface area contributed by atoms with Crippen LogP contribution in [0.25, 0.3) is 0 Å². The largest absolute Gasteiger partial charge is 0.501 e. The zero-order valence-corrected chi connectivity index (χ0v) is 18.2. The Bertz CT molecular complexity index is 1330. The van der Waals surface area contributed by atoms with Crippen molar-refractivity contribution in [1.29, 1.82) is 0 Å². The van der Waals surface area contributed by atoms with Gasteiger partial charge in [0, 0.05) is 13.0 Å². The molecule has 2 N–H and O–H groups in total. The summed E-state index contributed by atoms with van der Waals surface area (Å²) in [6.45, 7) is 0. The number of amides is 1. The number of benzene rings is 2. The number of hydrogen-bond acceptors (Lipinski definition) is 6. The first-order valence-corrected chi connectivity index (χ1v) is 10.4. The van der Waals surface area contributed by atoms with Gasteiger partial charge in [0.1, 0.15) is 23.7 Å². The van der Waals surface area contributed by atoms with Crippen LogP contribution in [0.5, 0.6) is 5.75 Å². The zero-order valence-electron chi connectivity index (χ0n) is 18.2. The second-order valence-corrected chi connectivity index (χ2v) is 7.72. The number of carbonyl (C=O) groups excluding carboxylic acids is 1. The molecule has 2 aromatic carbocycles. The summed E-state index contributed by atoms with van der Waals surface area (Å²) in [5, 5.41) is 16.0. The minimum atomic E-state index is -4.88. The van der Waals surface area contributed by atoms with Crippen LogP contribution in [-0.2, 0) is 7.05 Å². The Kier molecular flexibility index (Phi) is 6.41. The first kappa shape index (κ1) is 23.7. The molecule has 1 amide bonds. The van der Waals surface area contributed by atoms with Crippen molar-refractivity contribution in [3.8, 4) is 5.75 Å². The summed E-state index contributed by atoms with van der Waals surface area (Å²) in [5.41, 5.74) is -1.31. The number of anilines is 1. The van der Waals surface area contributed by atoms with E-state index < -0.39 is 46.7 Å². The average Bonchev–Trinajstić information content (AvgIpc) is 3.35. The molecule has 0 aliphatic carbocycles. The van der Waals surface area contributed by atoms with Crippen LogP contribution in [0.4, 0.5) is 18.9 Å². The second-order valence-electron chi connectivity index (χ2n) is 7.72. The number of halogens is 3. The summed E-state index contributed by atoms with van der Waals surface area (Å²) >= 11 is 0. The molecule has 0 spiro atoms. The minimum Gasteiger partial charge on any atom is -0.501 e. The highest BCUT2D eigenvalue weighted by atomic mass is 19.4. The molecule has 2 heterocycles. The van der Waals surface area contributed by atoms with Crippen molar-refractivity contribution in [2.24, 2.45) is 7.05 Å². The highest BCUT2D eigenvalue weighted by Crippen LogP contribution is 2.47. The Morgan fingerprint density at radius 3 is 2.11 bits per heavy atom. The van der Waals surface area contributed by atoms with E-state index in [1.165, 1.54) is 0 Å². The average molecular weight is 484 g/mol. The number of aromatic nitrogens is 3. The van der Waals surface area contributed by atoms with Gasteiger partial charge in [-0.05, 0) is 11.1 Å². The fraction of sp³-hybridized carbons (Fsp3) is 0.167. The van der Waals surface area contributed by atoms with Crippen LogP contribution in [-0.4, -0.2) is 31.9 Å². The molecule has 8 nitrogen and oxygen atoms in total. The van der Waals surface area contributed by atoms with Gasteiger partial charge in [0.15, 0.2) is 5.69 Å². The molecular formula is C24H19F3N4O4. The van der Waals surface area contributed by atoms with Crippen LogP contribution in [0.2, 0.25) is 0 Å². The maximum absolute atomic E-state index is 14.7. The van der Waals surface area contributed by atoms with Crippen molar-refractivity contribution in [2.75, 3.05) is 5.32 Å². The van der Waals surface area contributed by atoms with Crippen LogP contribution in [0.1, 0.15) is 39.3 Å². The van der Waals surface area contributed by atoms with Crippen LogP contribution >= 0.6 is 0 Å². The SMILES string of the molecule is Cn1c([C@H](C(c2ccccc2)c2ccccc2)C(F)(F)F)nc(C(=O)Nc2cnoc2)c(O)c1=O. The molecule has 0 aliphatic rings. The fourth-order valence-electron chi connectivity index (χ4n) is 3.88. The summed E-state index contributed by atoms with van der Waals surface area (Å²) in [4.78, 5) is 29.3. The van der Waals surface area contributed by atoms with Gasteiger partial charge in [-0.2, -0.15) is 13.2 Å². The molecule has 1 atom stereocenters. The first-order chi connectivity index (χ1) is 16.7. The van der Waals surface area contributed by atoms with Crippen molar-refractivity contribution in [3.05, 3.63) is 106 Å². The molecule has 0 radical (unpaired) electrons. The summed E-state index contributed by atoms with van der Waals surface area (Å²) in [5.74, 6) is -6.53. The van der Waals surface area contributed by atoms with Gasteiger partial charge in [0.25, 0.3) is 11.5 Å². The third-order valence-electron chi connectivity index (χ3n) is 5.49. The molecule has 35 heavy (non-hydrogen) atoms. The van der Waals surface area contributed by atoms with Gasteiger partial charge in [-0.25, -0.2) is 4.98 Å². The molecule has 2 aromatic heterocycles. The van der Waals surface area contributed by atoms with Gasteiger partial charge < -0.3 is 14.9 Å². The monoisotopic (exact) mass is 484 g/mol. The molecule has 180 valence electrons. The summed E-state index contributed by atoms with van der Waals surface area (Å²) in [7, 11) is 1.07. The quantitative estimate of drug-likeness (QED) is 0.424. The van der Waals surface area contributed by atoms with Crippen LogP contribution in [0.15, 0.2) is 82.4 Å². The number of alkyl halides is 3. The highest BCUT2D eigenvalue weighted by Gasteiger charge is 2.49. The maximum Gasteiger partial charge on any atom is 0.399 e. The second kappa shape index (κ2) is 9.45. The third kappa shape index (κ3) is 4.79. The van der Waals surface area contributed by atoms with Crippen molar-refractivity contribution in [3.63, 3.8) is 0 Å². The van der Waals surface area contributed by atoms with E-state index in [4.69, 9.17) is 0 Å². The van der Waals surface area contributed by atoms with Gasteiger partial charge in [0.05, 0.1) is 6.20 Å². The Morgan fingerprint density at radius 2 is 1.63 bits per heavy atom. The van der Waals surface area contributed by atoms with E-state index in [-0.39, 0.29) is 5.69 Å². The molecule has 0 aliphatic heterocycles. The van der Waals surface area contributed by atoms with Gasteiger partial charge >= 0.3 is 6.18 Å². The van der Waals surface area contributed by atoms with E-state index in [2.05, 4.69) is 20.0 Å². The minimum absolute atomic E-state index is 0.0669. The van der Waals surface area contributed by atoms with Crippen LogP contribution < -0.4 is 10.9 Å². The normalized spacial score (nSPS) is 12.5. The summed E-state index contributed by atoms with van der Waals surface area (Å²) in [6.07, 6.45) is -2.68. The molecule has 0 saturated heterocycles. The predicted octanol–water partition coefficient (Wildman–Crippen LogP) is 4.20. The third-order valence-corrected chi connectivity index (χ3v) is 5.49. The lowest BCUT2D eigenvalue weighted by Crippen LogP contribution is -2.36. The zero-order chi connectivity index (χ0) is 25.2. The smallest absolute Gasteiger partial charge is 0.399 e.